The van der Waals surface area contributed by atoms with Crippen molar-refractivity contribution in [2.75, 3.05) is 6.54 Å². The number of amides is 1. The fraction of sp³-hybridized carbons (Fsp3) is 0.524. The van der Waals surface area contributed by atoms with Gasteiger partial charge in [-0.3, -0.25) is 0 Å². The molecule has 1 aromatic carbocycles. The molecule has 0 bridgehead atoms. The smallest absolute Gasteiger partial charge is 0.433 e. The molecule has 2 heterocycles. The third-order valence-corrected chi connectivity index (χ3v) is 5.08. The third kappa shape index (κ3) is 4.92. The van der Waals surface area contributed by atoms with E-state index in [4.69, 9.17) is 4.74 Å². The molecule has 2 aromatic rings. The van der Waals surface area contributed by atoms with E-state index >= 15 is 0 Å². The Balaban J connectivity index is 2.14. The van der Waals surface area contributed by atoms with Gasteiger partial charge in [-0.05, 0) is 51.3 Å². The van der Waals surface area contributed by atoms with Crippen molar-refractivity contribution in [3.63, 3.8) is 0 Å². The largest absolute Gasteiger partial charge is 0.444 e. The Morgan fingerprint density at radius 3 is 2.38 bits per heavy atom. The van der Waals surface area contributed by atoms with Gasteiger partial charge in [-0.1, -0.05) is 12.1 Å². The van der Waals surface area contributed by atoms with Crippen LogP contribution in [0.2, 0.25) is 0 Å². The standard InChI is InChI=1S/C21H22F6N2O3/c1-19(2,3)32-18(31)29-9-5-8-14(29)17(30)12-10-15(21(25,26)27)28-16-11(12)6-4-7-13(16)20(22,23)24/h4,6-7,10,14,17,30H,5,8-9H2,1-3H3/t14-,17-/m0/s1. The lowest BCUT2D eigenvalue weighted by molar-refractivity contribution is -0.142. The molecule has 0 unspecified atom stereocenters. The van der Waals surface area contributed by atoms with Gasteiger partial charge in [-0.25, -0.2) is 9.78 Å². The maximum atomic E-state index is 13.5. The highest BCUT2D eigenvalue weighted by atomic mass is 19.4. The number of hydrogen-bond donors (Lipinski definition) is 1. The number of carbonyl (C=O) groups is 1. The second kappa shape index (κ2) is 8.09. The van der Waals surface area contributed by atoms with Crippen LogP contribution in [0.3, 0.4) is 0 Å². The van der Waals surface area contributed by atoms with Crippen LogP contribution < -0.4 is 0 Å². The second-order valence-electron chi connectivity index (χ2n) is 8.62. The number of fused-ring (bicyclic) bond motifs is 1. The van der Waals surface area contributed by atoms with Gasteiger partial charge in [0.25, 0.3) is 0 Å². The van der Waals surface area contributed by atoms with Gasteiger partial charge in [0, 0.05) is 11.9 Å². The monoisotopic (exact) mass is 464 g/mol. The van der Waals surface area contributed by atoms with E-state index in [2.05, 4.69) is 4.98 Å². The number of halogens is 6. The number of aliphatic hydroxyl groups excluding tert-OH is 1. The van der Waals surface area contributed by atoms with E-state index in [-0.39, 0.29) is 23.9 Å². The summed E-state index contributed by atoms with van der Waals surface area (Å²) >= 11 is 0. The van der Waals surface area contributed by atoms with Gasteiger partial charge in [0.1, 0.15) is 17.4 Å². The molecule has 5 nitrogen and oxygen atoms in total. The number of hydrogen-bond acceptors (Lipinski definition) is 4. The fourth-order valence-corrected chi connectivity index (χ4v) is 3.77. The second-order valence-corrected chi connectivity index (χ2v) is 8.62. The lowest BCUT2D eigenvalue weighted by Crippen LogP contribution is -2.42. The summed E-state index contributed by atoms with van der Waals surface area (Å²) in [6.45, 7) is 5.10. The van der Waals surface area contributed by atoms with E-state index in [1.807, 2.05) is 0 Å². The van der Waals surface area contributed by atoms with Crippen LogP contribution in [0.5, 0.6) is 0 Å². The maximum Gasteiger partial charge on any atom is 0.433 e. The predicted molar refractivity (Wildman–Crippen MR) is 103 cm³/mol. The highest BCUT2D eigenvalue weighted by molar-refractivity contribution is 5.86. The number of nitrogens with zero attached hydrogens (tertiary/aromatic N) is 2. The van der Waals surface area contributed by atoms with E-state index in [0.29, 0.717) is 18.6 Å². The highest BCUT2D eigenvalue weighted by Crippen LogP contribution is 2.41. The summed E-state index contributed by atoms with van der Waals surface area (Å²) in [7, 11) is 0. The number of aliphatic hydroxyl groups is 1. The van der Waals surface area contributed by atoms with Crippen LogP contribution in [0.4, 0.5) is 31.1 Å². The van der Waals surface area contributed by atoms with Crippen LogP contribution in [0.15, 0.2) is 24.3 Å². The van der Waals surface area contributed by atoms with Gasteiger partial charge in [0.05, 0.1) is 17.1 Å². The SMILES string of the molecule is CC(C)(C)OC(=O)N1CCC[C@H]1[C@@H](O)c1cc(C(F)(F)F)nc2c(C(F)(F)F)cccc12. The zero-order chi connectivity index (χ0) is 24.1. The van der Waals surface area contributed by atoms with Gasteiger partial charge >= 0.3 is 18.4 Å². The van der Waals surface area contributed by atoms with Crippen molar-refractivity contribution in [1.29, 1.82) is 0 Å². The summed E-state index contributed by atoms with van der Waals surface area (Å²) < 4.78 is 86.0. The Labute approximate surface area is 180 Å². The van der Waals surface area contributed by atoms with Crippen molar-refractivity contribution >= 4 is 17.0 Å². The average Bonchev–Trinajstić information content (AvgIpc) is 3.13. The number of benzene rings is 1. The first kappa shape index (κ1) is 24.1. The molecule has 11 heteroatoms. The van der Waals surface area contributed by atoms with Crippen LogP contribution in [-0.2, 0) is 17.1 Å². The minimum atomic E-state index is -5.04. The van der Waals surface area contributed by atoms with Gasteiger partial charge in [-0.2, -0.15) is 26.3 Å². The molecule has 176 valence electrons. The molecular formula is C21H22F6N2O3. The first-order valence-corrected chi connectivity index (χ1v) is 9.85. The van der Waals surface area contributed by atoms with Gasteiger partial charge in [-0.15, -0.1) is 0 Å². The number of para-hydroxylation sites is 1. The normalized spacial score (nSPS) is 18.8. The minimum Gasteiger partial charge on any atom is -0.444 e. The zero-order valence-corrected chi connectivity index (χ0v) is 17.5. The van der Waals surface area contributed by atoms with Crippen molar-refractivity contribution < 1.29 is 41.0 Å². The Bertz CT molecular complexity index is 1010. The fourth-order valence-electron chi connectivity index (χ4n) is 3.77. The minimum absolute atomic E-state index is 0.194. The van der Waals surface area contributed by atoms with Gasteiger partial charge < -0.3 is 14.7 Å². The molecule has 32 heavy (non-hydrogen) atoms. The molecule has 1 aliphatic heterocycles. The van der Waals surface area contributed by atoms with Crippen molar-refractivity contribution in [3.8, 4) is 0 Å². The van der Waals surface area contributed by atoms with Crippen molar-refractivity contribution in [3.05, 3.63) is 41.1 Å². The number of alkyl halides is 6. The molecule has 0 radical (unpaired) electrons. The zero-order valence-electron chi connectivity index (χ0n) is 17.5. The quantitative estimate of drug-likeness (QED) is 0.579. The van der Waals surface area contributed by atoms with Crippen molar-refractivity contribution in [1.82, 2.24) is 9.88 Å². The lowest BCUT2D eigenvalue weighted by atomic mass is 9.94. The number of aromatic nitrogens is 1. The molecule has 1 N–H and O–H groups in total. The van der Waals surface area contributed by atoms with Crippen LogP contribution >= 0.6 is 0 Å². The highest BCUT2D eigenvalue weighted by Gasteiger charge is 2.41. The van der Waals surface area contributed by atoms with Gasteiger partial charge in [0.2, 0.25) is 0 Å². The number of rotatable bonds is 2. The maximum absolute atomic E-state index is 13.5. The molecular weight excluding hydrogens is 442 g/mol. The average molecular weight is 464 g/mol. The number of ether oxygens (including phenoxy) is 1. The number of likely N-dealkylation sites (tertiary alicyclic amines) is 1. The summed E-state index contributed by atoms with van der Waals surface area (Å²) in [5.74, 6) is 0. The number of carbonyl (C=O) groups excluding carboxylic acids is 1. The predicted octanol–water partition coefficient (Wildman–Crippen LogP) is 5.71. The lowest BCUT2D eigenvalue weighted by Gasteiger charge is -2.31. The van der Waals surface area contributed by atoms with E-state index < -0.39 is 53.0 Å². The molecule has 1 aromatic heterocycles. The Kier molecular flexibility index (Phi) is 6.09. The Morgan fingerprint density at radius 2 is 1.81 bits per heavy atom. The Hall–Kier alpha value is -2.56. The van der Waals surface area contributed by atoms with Gasteiger partial charge in [0.15, 0.2) is 0 Å². The molecule has 1 aliphatic rings. The number of pyridine rings is 1. The summed E-state index contributed by atoms with van der Waals surface area (Å²) in [5, 5.41) is 10.7. The van der Waals surface area contributed by atoms with E-state index in [1.54, 1.807) is 20.8 Å². The molecule has 1 fully saturated rings. The molecule has 0 aliphatic carbocycles. The molecule has 2 atom stereocenters. The summed E-state index contributed by atoms with van der Waals surface area (Å²) in [5.41, 5.74) is -5.04. The molecule has 0 saturated carbocycles. The topological polar surface area (TPSA) is 62.7 Å². The Morgan fingerprint density at radius 1 is 1.16 bits per heavy atom. The molecule has 1 amide bonds. The van der Waals surface area contributed by atoms with E-state index in [0.717, 1.165) is 6.07 Å². The van der Waals surface area contributed by atoms with Crippen LogP contribution in [0.1, 0.15) is 56.5 Å². The first-order valence-electron chi connectivity index (χ1n) is 9.85. The van der Waals surface area contributed by atoms with Crippen LogP contribution in [0, 0.1) is 0 Å². The summed E-state index contributed by atoms with van der Waals surface area (Å²) in [6.07, 6.45) is -11.7. The van der Waals surface area contributed by atoms with Crippen molar-refractivity contribution in [2.45, 2.75) is 63.7 Å². The van der Waals surface area contributed by atoms with Crippen LogP contribution in [-0.4, -0.2) is 39.3 Å². The molecule has 0 spiro atoms. The summed E-state index contributed by atoms with van der Waals surface area (Å²) in [6, 6.07) is 2.41. The summed E-state index contributed by atoms with van der Waals surface area (Å²) in [4.78, 5) is 17.0. The van der Waals surface area contributed by atoms with E-state index in [9.17, 15) is 36.2 Å². The molecule has 3 rings (SSSR count). The van der Waals surface area contributed by atoms with E-state index in [1.165, 1.54) is 11.0 Å². The third-order valence-electron chi connectivity index (χ3n) is 5.08. The van der Waals surface area contributed by atoms with Crippen LogP contribution in [0.25, 0.3) is 10.9 Å². The first-order chi connectivity index (χ1) is 14.6. The molecule has 1 saturated heterocycles. The van der Waals surface area contributed by atoms with Crippen molar-refractivity contribution in [2.24, 2.45) is 0 Å².